The van der Waals surface area contributed by atoms with Crippen LogP contribution in [0.15, 0.2) is 0 Å². The Balaban J connectivity index is 1.97. The molecule has 2 rings (SSSR count). The number of Topliss-reactive ketones (excluding diaryl/α,β-unsaturated/α-hetero) is 1. The van der Waals surface area contributed by atoms with Crippen LogP contribution >= 0.6 is 0 Å². The first kappa shape index (κ1) is 11.8. The van der Waals surface area contributed by atoms with E-state index in [2.05, 4.69) is 0 Å². The van der Waals surface area contributed by atoms with Gasteiger partial charge in [0, 0.05) is 40.1 Å². The van der Waals surface area contributed by atoms with E-state index in [0.29, 0.717) is 12.8 Å². The number of rotatable bonds is 3. The fourth-order valence-corrected chi connectivity index (χ4v) is 5.07. The van der Waals surface area contributed by atoms with Crippen LogP contribution in [0.3, 0.4) is 0 Å². The first-order valence-electron chi connectivity index (χ1n) is 6.01. The van der Waals surface area contributed by atoms with Crippen LogP contribution in [0.1, 0.15) is 44.9 Å². The molecule has 0 aromatic heterocycles. The van der Waals surface area contributed by atoms with Gasteiger partial charge in [-0.15, -0.1) is 0 Å². The summed E-state index contributed by atoms with van der Waals surface area (Å²) in [5.41, 5.74) is 0. The topological polar surface area (TPSA) is 57.9 Å². The van der Waals surface area contributed by atoms with Gasteiger partial charge in [0.25, 0.3) is 0 Å². The summed E-state index contributed by atoms with van der Waals surface area (Å²) >= 11 is 0. The maximum Gasteiger partial charge on any atom is 0.137 e. The molecule has 2 aliphatic rings. The van der Waals surface area contributed by atoms with Gasteiger partial charge >= 0.3 is 0 Å². The zero-order chi connectivity index (χ0) is 11.5. The summed E-state index contributed by atoms with van der Waals surface area (Å²) in [6.07, 6.45) is 5.51. The summed E-state index contributed by atoms with van der Waals surface area (Å²) in [4.78, 5) is 11.8. The second-order valence-corrected chi connectivity index (χ2v) is 6.79. The van der Waals surface area contributed by atoms with Crippen molar-refractivity contribution in [3.05, 3.63) is 0 Å². The molecular formula is C12H17NO2S. The number of ketones is 1. The lowest BCUT2D eigenvalue weighted by Gasteiger charge is -2.37. The van der Waals surface area contributed by atoms with Crippen molar-refractivity contribution in [3.63, 3.8) is 0 Å². The Morgan fingerprint density at radius 3 is 2.50 bits per heavy atom. The van der Waals surface area contributed by atoms with Gasteiger partial charge < -0.3 is 0 Å². The van der Waals surface area contributed by atoms with Gasteiger partial charge in [0.2, 0.25) is 0 Å². The molecule has 0 aliphatic carbocycles. The molecule has 0 aromatic rings. The second kappa shape index (κ2) is 5.09. The van der Waals surface area contributed by atoms with Gasteiger partial charge in [0.1, 0.15) is 5.78 Å². The second-order valence-electron chi connectivity index (χ2n) is 4.80. The molecule has 3 nitrogen and oxygen atoms in total. The van der Waals surface area contributed by atoms with E-state index in [-0.39, 0.29) is 22.2 Å². The van der Waals surface area contributed by atoms with Crippen LogP contribution in [0, 0.1) is 17.2 Å². The number of fused-ring (bicyclic) bond motifs is 2. The van der Waals surface area contributed by atoms with E-state index in [0.717, 1.165) is 25.7 Å². The quantitative estimate of drug-likeness (QED) is 0.756. The van der Waals surface area contributed by atoms with E-state index < -0.39 is 10.8 Å². The summed E-state index contributed by atoms with van der Waals surface area (Å²) in [6, 6.07) is 2.02. The first-order chi connectivity index (χ1) is 7.72. The number of carbonyl (C=O) groups is 1. The fourth-order valence-electron chi connectivity index (χ4n) is 2.88. The predicted octanol–water partition coefficient (Wildman–Crippen LogP) is 1.94. The fraction of sp³-hybridized carbons (Fsp3) is 0.833. The summed E-state index contributed by atoms with van der Waals surface area (Å²) < 4.78 is 11.9. The molecule has 0 N–H and O–H groups in total. The minimum atomic E-state index is -0.696. The minimum absolute atomic E-state index is 0.0846. The Labute approximate surface area is 98.7 Å². The summed E-state index contributed by atoms with van der Waals surface area (Å²) in [7, 11) is -0.696. The SMILES string of the molecule is N#CCCC(=O)C1CC2CCCC(C1)S2=O. The molecular weight excluding hydrogens is 222 g/mol. The first-order valence-corrected chi connectivity index (χ1v) is 7.29. The molecule has 0 radical (unpaired) electrons. The standard InChI is InChI=1S/C12H17NO2S/c13-6-2-5-12(14)9-7-10-3-1-4-11(8-9)16(10)15/h9-11H,1-5,7-8H2. The molecule has 4 heteroatoms. The molecule has 0 spiro atoms. The van der Waals surface area contributed by atoms with Gasteiger partial charge in [0.05, 0.1) is 6.07 Å². The molecule has 2 saturated heterocycles. The van der Waals surface area contributed by atoms with E-state index >= 15 is 0 Å². The Kier molecular flexibility index (Phi) is 3.75. The third-order valence-electron chi connectivity index (χ3n) is 3.74. The Morgan fingerprint density at radius 1 is 1.31 bits per heavy atom. The molecule has 0 aromatic carbocycles. The van der Waals surface area contributed by atoms with Gasteiger partial charge in [-0.25, -0.2) is 0 Å². The van der Waals surface area contributed by atoms with Crippen molar-refractivity contribution < 1.29 is 9.00 Å². The van der Waals surface area contributed by atoms with Crippen molar-refractivity contribution in [1.29, 1.82) is 5.26 Å². The largest absolute Gasteiger partial charge is 0.299 e. The lowest BCUT2D eigenvalue weighted by Crippen LogP contribution is -2.41. The van der Waals surface area contributed by atoms with Crippen LogP contribution in [-0.2, 0) is 15.6 Å². The third-order valence-corrected chi connectivity index (χ3v) is 5.91. The van der Waals surface area contributed by atoms with Crippen LogP contribution in [0.25, 0.3) is 0 Å². The highest BCUT2D eigenvalue weighted by atomic mass is 32.2. The smallest absolute Gasteiger partial charge is 0.137 e. The molecule has 2 bridgehead atoms. The average molecular weight is 239 g/mol. The van der Waals surface area contributed by atoms with Crippen molar-refractivity contribution in [1.82, 2.24) is 0 Å². The van der Waals surface area contributed by atoms with E-state index in [4.69, 9.17) is 5.26 Å². The molecule has 2 unspecified atom stereocenters. The third kappa shape index (κ3) is 2.35. The zero-order valence-corrected chi connectivity index (χ0v) is 10.2. The molecule has 0 saturated carbocycles. The molecule has 16 heavy (non-hydrogen) atoms. The maximum absolute atomic E-state index is 11.9. The van der Waals surface area contributed by atoms with Crippen LogP contribution < -0.4 is 0 Å². The number of hydrogen-bond acceptors (Lipinski definition) is 3. The number of nitrogens with zero attached hydrogens (tertiary/aromatic N) is 1. The normalized spacial score (nSPS) is 37.7. The van der Waals surface area contributed by atoms with Crippen LogP contribution in [0.4, 0.5) is 0 Å². The van der Waals surface area contributed by atoms with Gasteiger partial charge in [-0.05, 0) is 25.7 Å². The molecule has 2 fully saturated rings. The van der Waals surface area contributed by atoms with Crippen molar-refractivity contribution in [3.8, 4) is 6.07 Å². The number of hydrogen-bond donors (Lipinski definition) is 0. The molecule has 2 atom stereocenters. The van der Waals surface area contributed by atoms with Gasteiger partial charge in [-0.2, -0.15) is 5.26 Å². The Morgan fingerprint density at radius 2 is 1.94 bits per heavy atom. The average Bonchev–Trinajstić information content (AvgIpc) is 2.25. The lowest BCUT2D eigenvalue weighted by molar-refractivity contribution is -0.123. The molecule has 0 amide bonds. The van der Waals surface area contributed by atoms with E-state index in [1.54, 1.807) is 0 Å². The highest BCUT2D eigenvalue weighted by Gasteiger charge is 2.39. The predicted molar refractivity (Wildman–Crippen MR) is 62.1 cm³/mol. The van der Waals surface area contributed by atoms with Crippen molar-refractivity contribution in [2.24, 2.45) is 5.92 Å². The summed E-state index contributed by atoms with van der Waals surface area (Å²) in [5, 5.41) is 8.97. The van der Waals surface area contributed by atoms with Gasteiger partial charge in [-0.1, -0.05) is 6.42 Å². The van der Waals surface area contributed by atoms with Gasteiger partial charge in [0.15, 0.2) is 0 Å². The Bertz CT molecular complexity index is 331. The summed E-state index contributed by atoms with van der Waals surface area (Å²) in [5.74, 6) is 0.302. The molecule has 88 valence electrons. The van der Waals surface area contributed by atoms with E-state index in [9.17, 15) is 9.00 Å². The Hall–Kier alpha value is -0.690. The lowest BCUT2D eigenvalue weighted by atomic mass is 9.85. The van der Waals surface area contributed by atoms with Crippen molar-refractivity contribution in [2.45, 2.75) is 55.4 Å². The monoisotopic (exact) mass is 239 g/mol. The maximum atomic E-state index is 11.9. The van der Waals surface area contributed by atoms with Gasteiger partial charge in [-0.3, -0.25) is 9.00 Å². The minimum Gasteiger partial charge on any atom is -0.299 e. The summed E-state index contributed by atoms with van der Waals surface area (Å²) in [6.45, 7) is 0. The van der Waals surface area contributed by atoms with Crippen LogP contribution in [-0.4, -0.2) is 20.5 Å². The molecule has 2 aliphatic heterocycles. The zero-order valence-electron chi connectivity index (χ0n) is 9.35. The van der Waals surface area contributed by atoms with E-state index in [1.165, 1.54) is 6.42 Å². The van der Waals surface area contributed by atoms with Crippen molar-refractivity contribution >= 4 is 16.6 Å². The van der Waals surface area contributed by atoms with Crippen LogP contribution in [0.5, 0.6) is 0 Å². The number of nitriles is 1. The van der Waals surface area contributed by atoms with Crippen molar-refractivity contribution in [2.75, 3.05) is 0 Å². The van der Waals surface area contributed by atoms with Crippen LogP contribution in [0.2, 0.25) is 0 Å². The molecule has 2 heterocycles. The number of carbonyl (C=O) groups excluding carboxylic acids is 1. The highest BCUT2D eigenvalue weighted by molar-refractivity contribution is 7.86. The highest BCUT2D eigenvalue weighted by Crippen LogP contribution is 2.37. The van der Waals surface area contributed by atoms with E-state index in [1.807, 2.05) is 6.07 Å².